The number of amides is 5. The maximum Gasteiger partial charge on any atom is 0.389 e. The number of alkyl halides is 6. The number of carboxylic acids is 1. The molecule has 0 saturated heterocycles. The normalized spacial score (nSPS) is 12.0. The Morgan fingerprint density at radius 2 is 1.41 bits per heavy atom. The molecule has 0 fully saturated rings. The van der Waals surface area contributed by atoms with E-state index in [0.717, 1.165) is 18.2 Å². The van der Waals surface area contributed by atoms with Crippen LogP contribution >= 0.6 is 30.8 Å². The number of hydrogen-bond acceptors (Lipinski definition) is 24. The number of methoxy groups -OCH3 is 3. The third-order valence-corrected chi connectivity index (χ3v) is 14.6. The van der Waals surface area contributed by atoms with E-state index in [0.29, 0.717) is 15.6 Å². The molecular weight excluding hydrogens is 1420 g/mol. The number of urea groups is 2. The van der Waals surface area contributed by atoms with Crippen molar-refractivity contribution in [3.05, 3.63) is 110 Å². The van der Waals surface area contributed by atoms with Crippen LogP contribution in [0.25, 0.3) is 5.69 Å². The van der Waals surface area contributed by atoms with Crippen LogP contribution in [0.1, 0.15) is 53.0 Å². The maximum atomic E-state index is 14.2. The largest absolute Gasteiger partial charge is 0.778 e. The quantitative estimate of drug-likeness (QED) is 0.0165. The number of carbonyl (C=O) groups excluding carboxylic acids is 4. The van der Waals surface area contributed by atoms with Crippen LogP contribution in [0.4, 0.5) is 47.8 Å². The standard InChI is InChI=1S/C15H14Cl2F3N3O3.C15H16F3N5O4S.C15H18N6O6S.C3H8NO5P.C3H9S/c1-3-26-13(24)10(17)4-8-5-12(11(18)6-9(8)16)23-15(25)22(14(19)20)7(2)21-23;1-9-19-12(22-14(20-9)27-2)21-13(24)23-28(25,26)11-6-4-3-5-10(11)7-8-15(16,17)18;1-21(2)13(22)9-6-5-7-16-12(9)28(24,25)20-15(23)19-14-17-10(26-3)8-11(18-14)27-4;5-3(6)1-4-2-10(7,8)9;1-4(2)3/h5-6,10,14H,3-4H2,1-2H3;3-6H,7-8H2,1-2H3,(H2,19,20,21,22,23,24);5-8H,1-4H3,(H2,17,18,19,20,23);4H,1-2H2,(H,5,6)(H2,7,8,9);1-3H3/q;;;;+1/p-1. The first-order valence-corrected chi connectivity index (χ1v) is 34.4. The predicted molar refractivity (Wildman–Crippen MR) is 332 cm³/mol. The van der Waals surface area contributed by atoms with Crippen molar-refractivity contribution >= 4 is 104 Å². The van der Waals surface area contributed by atoms with E-state index in [1.165, 1.54) is 96.8 Å². The minimum Gasteiger partial charge on any atom is -0.778 e. The summed E-state index contributed by atoms with van der Waals surface area (Å²) < 4.78 is 161. The fraction of sp³-hybridized carbons (Fsp3) is 0.392. The number of aromatic nitrogens is 9. The van der Waals surface area contributed by atoms with Gasteiger partial charge in [-0.3, -0.25) is 30.3 Å². The number of hydrogen-bond donors (Lipinski definition) is 7. The van der Waals surface area contributed by atoms with Gasteiger partial charge in [-0.05, 0) is 79.5 Å². The smallest absolute Gasteiger partial charge is 0.389 e. The number of esters is 1. The van der Waals surface area contributed by atoms with Crippen molar-refractivity contribution in [3.63, 3.8) is 0 Å². The summed E-state index contributed by atoms with van der Waals surface area (Å²) in [4.78, 5) is 111. The summed E-state index contributed by atoms with van der Waals surface area (Å²) in [6, 6.07) is 8.74. The van der Waals surface area contributed by atoms with E-state index in [1.54, 1.807) is 16.4 Å². The zero-order valence-corrected chi connectivity index (χ0v) is 57.1. The Morgan fingerprint density at radius 1 is 0.844 bits per heavy atom. The Hall–Kier alpha value is -8.51. The summed E-state index contributed by atoms with van der Waals surface area (Å²) in [7, 11) is -5.70. The molecule has 7 N–H and O–H groups in total. The van der Waals surface area contributed by atoms with Crippen LogP contribution in [0.2, 0.25) is 5.02 Å². The monoisotopic (exact) mass is 1490 g/mol. The molecule has 6 rings (SSSR count). The number of aliphatic carboxylic acids is 1. The number of sulfonamides is 2. The van der Waals surface area contributed by atoms with Crippen LogP contribution in [-0.2, 0) is 62.7 Å². The highest BCUT2D eigenvalue weighted by molar-refractivity contribution is 7.94. The summed E-state index contributed by atoms with van der Waals surface area (Å²) in [5.41, 5.74) is -1.63. The molecule has 33 nitrogen and oxygen atoms in total. The number of benzene rings is 2. The van der Waals surface area contributed by atoms with Gasteiger partial charge in [0.15, 0.2) is 10.8 Å². The van der Waals surface area contributed by atoms with Gasteiger partial charge in [0.1, 0.15) is 30.3 Å². The molecule has 4 heterocycles. The Balaban J connectivity index is 0.000000445. The van der Waals surface area contributed by atoms with Crippen LogP contribution in [0, 0.1) is 19.7 Å². The highest BCUT2D eigenvalue weighted by atomic mass is 35.5. The van der Waals surface area contributed by atoms with Crippen LogP contribution in [0.3, 0.4) is 0 Å². The second kappa shape index (κ2) is 38.3. The lowest BCUT2D eigenvalue weighted by Crippen LogP contribution is -2.36. The van der Waals surface area contributed by atoms with Crippen LogP contribution in [-0.4, -0.2) is 191 Å². The number of nitrogens with one attached hydrogen (secondary N) is 5. The molecule has 0 aliphatic rings. The molecule has 45 heteroatoms. The molecular formula is C51H64Cl2F6N15O18PS3. The molecule has 0 spiro atoms. The number of anilines is 2. The van der Waals surface area contributed by atoms with Crippen molar-refractivity contribution < 1.29 is 106 Å². The van der Waals surface area contributed by atoms with Gasteiger partial charge in [0, 0.05) is 38.2 Å². The summed E-state index contributed by atoms with van der Waals surface area (Å²) >= 11 is 11.9. The highest BCUT2D eigenvalue weighted by Crippen LogP contribution is 2.28. The fourth-order valence-corrected chi connectivity index (χ4v) is 9.77. The summed E-state index contributed by atoms with van der Waals surface area (Å²) in [6.07, 6.45) is 0.753. The van der Waals surface area contributed by atoms with Gasteiger partial charge < -0.3 is 43.3 Å². The molecule has 2 aromatic carbocycles. The molecule has 5 amide bonds. The topological polar surface area (TPSA) is 452 Å². The van der Waals surface area contributed by atoms with Crippen LogP contribution in [0.15, 0.2) is 75.5 Å². The first-order chi connectivity index (χ1) is 44.5. The summed E-state index contributed by atoms with van der Waals surface area (Å²) in [5, 5.41) is 16.2. The maximum absolute atomic E-state index is 14.2. The minimum absolute atomic E-state index is 0.0424. The van der Waals surface area contributed by atoms with Gasteiger partial charge in [0.25, 0.3) is 26.0 Å². The predicted octanol–water partition coefficient (Wildman–Crippen LogP) is 4.20. The van der Waals surface area contributed by atoms with Crippen molar-refractivity contribution in [2.45, 2.75) is 68.1 Å². The van der Waals surface area contributed by atoms with Crippen molar-refractivity contribution in [3.8, 4) is 23.5 Å². The van der Waals surface area contributed by atoms with Crippen molar-refractivity contribution in [1.82, 2.24) is 63.9 Å². The van der Waals surface area contributed by atoms with E-state index in [1.807, 2.05) is 5.32 Å². The lowest BCUT2D eigenvalue weighted by Gasteiger charge is -2.14. The molecule has 0 aliphatic carbocycles. The van der Waals surface area contributed by atoms with Crippen LogP contribution < -0.4 is 50.2 Å². The van der Waals surface area contributed by atoms with E-state index in [9.17, 15) is 81.4 Å². The molecule has 0 radical (unpaired) electrons. The van der Waals surface area contributed by atoms with E-state index in [-0.39, 0.29) is 86.3 Å². The Kier molecular flexibility index (Phi) is 33.3. The molecule has 0 aliphatic heterocycles. The third-order valence-electron chi connectivity index (χ3n) is 10.6. The Bertz CT molecular complexity index is 3990. The Morgan fingerprint density at radius 3 is 1.91 bits per heavy atom. The molecule has 96 heavy (non-hydrogen) atoms. The van der Waals surface area contributed by atoms with Crippen molar-refractivity contribution in [1.29, 1.82) is 0 Å². The molecule has 4 aromatic heterocycles. The van der Waals surface area contributed by atoms with Crippen molar-refractivity contribution in [2.75, 3.05) is 84.3 Å². The van der Waals surface area contributed by atoms with E-state index >= 15 is 0 Å². The first-order valence-electron chi connectivity index (χ1n) is 26.4. The number of carbonyl (C=O) groups is 5. The summed E-state index contributed by atoms with van der Waals surface area (Å²) in [6.45, 7) is 0.826. The van der Waals surface area contributed by atoms with Gasteiger partial charge in [-0.1, -0.05) is 29.8 Å². The average Bonchev–Trinajstić information content (AvgIpc) is 1.52. The van der Waals surface area contributed by atoms with Gasteiger partial charge >= 0.3 is 48.4 Å². The third kappa shape index (κ3) is 28.8. The lowest BCUT2D eigenvalue weighted by molar-refractivity contribution is -0.193. The van der Waals surface area contributed by atoms with Gasteiger partial charge in [-0.15, -0.1) is 16.7 Å². The molecule has 6 aromatic rings. The molecule has 2 atom stereocenters. The van der Waals surface area contributed by atoms with Gasteiger partial charge in [0.2, 0.25) is 23.7 Å². The van der Waals surface area contributed by atoms with Crippen molar-refractivity contribution in [2.24, 2.45) is 0 Å². The minimum atomic E-state index is -4.46. The first kappa shape index (κ1) is 83.6. The number of rotatable bonds is 22. The Labute approximate surface area is 556 Å². The SMILES string of the molecule is CCOC(=O)C(Cl)Cc1cc(-n2nc(C)n(C(F)F)c2=O)c(F)cc1Cl.COc1cc(OC)nc(NC(=O)NS(=O)(=O)c2ncccc2C(=O)N(C)C)n1.COc1nc(C)nc(NC(=O)NS(=O)(=O)c2ccccc2CCC(F)(F)F)n1.C[S+](C)C.O=C(O)CNCP(=O)([O-])O. The number of nitrogens with zero attached hydrogens (tertiary/aromatic N) is 10. The lowest BCUT2D eigenvalue weighted by atomic mass is 10.1. The molecule has 0 bridgehead atoms. The summed E-state index contributed by atoms with van der Waals surface area (Å²) in [5.74, 6) is -3.81. The number of halogens is 8. The van der Waals surface area contributed by atoms with Gasteiger partial charge in [-0.25, -0.2) is 46.2 Å². The van der Waals surface area contributed by atoms with Gasteiger partial charge in [0.05, 0.1) is 76.1 Å². The number of ether oxygens (including phenoxy) is 4. The van der Waals surface area contributed by atoms with Gasteiger partial charge in [-0.2, -0.15) is 60.0 Å². The molecule has 530 valence electrons. The second-order valence-corrected chi connectivity index (χ2v) is 27.1. The fourth-order valence-electron chi connectivity index (χ4n) is 6.70. The average molecular weight is 1490 g/mol. The zero-order valence-electron chi connectivity index (χ0n) is 52.3. The molecule has 2 unspecified atom stereocenters. The van der Waals surface area contributed by atoms with Crippen LogP contribution in [0.5, 0.6) is 17.8 Å². The van der Waals surface area contributed by atoms with E-state index in [4.69, 9.17) is 52.1 Å². The highest BCUT2D eigenvalue weighted by Gasteiger charge is 2.31. The number of pyridine rings is 1. The number of aryl methyl sites for hydroxylation is 3. The molecule has 0 saturated carbocycles. The zero-order chi connectivity index (χ0) is 73.2. The number of carboxylic acid groups (broad SMARTS) is 1. The van der Waals surface area contributed by atoms with E-state index in [2.05, 4.69) is 64.4 Å². The van der Waals surface area contributed by atoms with E-state index < -0.39 is 123 Å². The second-order valence-electron chi connectivity index (χ2n) is 18.9.